The third-order valence-corrected chi connectivity index (χ3v) is 0.519. The minimum atomic E-state index is 0.952. The highest BCUT2D eigenvalue weighted by molar-refractivity contribution is 5.00. The molecule has 2 nitrogen and oxygen atoms in total. The first kappa shape index (κ1) is 11.3. The molecular weight excluding hydrogens is 124 g/mol. The maximum Gasteiger partial charge on any atom is 0.0908 e. The van der Waals surface area contributed by atoms with Crippen molar-refractivity contribution in [2.75, 3.05) is 0 Å². The maximum absolute atomic E-state index is 7.86. The second-order valence-corrected chi connectivity index (χ2v) is 1.27. The van der Waals surface area contributed by atoms with Gasteiger partial charge in [-0.15, -0.1) is 0 Å². The number of nitriles is 2. The second-order valence-electron chi connectivity index (χ2n) is 1.27. The van der Waals surface area contributed by atoms with E-state index < -0.39 is 0 Å². The summed E-state index contributed by atoms with van der Waals surface area (Å²) in [4.78, 5) is 0. The largest absolute Gasteiger partial charge is 0.193 e. The van der Waals surface area contributed by atoms with E-state index in [1.165, 1.54) is 12.2 Å². The summed E-state index contributed by atoms with van der Waals surface area (Å²) < 4.78 is 0. The first-order chi connectivity index (χ1) is 4.83. The van der Waals surface area contributed by atoms with E-state index in [0.29, 0.717) is 0 Å². The average molecular weight is 134 g/mol. The van der Waals surface area contributed by atoms with E-state index in [4.69, 9.17) is 10.5 Å². The first-order valence-electron chi connectivity index (χ1n) is 2.88. The van der Waals surface area contributed by atoms with Crippen LogP contribution in [0.2, 0.25) is 0 Å². The zero-order valence-corrected chi connectivity index (χ0v) is 6.04. The Morgan fingerprint density at radius 1 is 1.40 bits per heavy atom. The van der Waals surface area contributed by atoms with Gasteiger partial charge in [0.05, 0.1) is 12.1 Å². The summed E-state index contributed by atoms with van der Waals surface area (Å²) in [5.74, 6) is 0. The summed E-state index contributed by atoms with van der Waals surface area (Å²) >= 11 is 0. The van der Waals surface area contributed by atoms with Crippen LogP contribution in [-0.4, -0.2) is 0 Å². The van der Waals surface area contributed by atoms with Crippen LogP contribution >= 0.6 is 0 Å². The lowest BCUT2D eigenvalue weighted by molar-refractivity contribution is 1.22. The smallest absolute Gasteiger partial charge is 0.0908 e. The van der Waals surface area contributed by atoms with Crippen LogP contribution in [0.25, 0.3) is 0 Å². The van der Waals surface area contributed by atoms with E-state index in [0.717, 1.165) is 6.42 Å². The van der Waals surface area contributed by atoms with E-state index in [2.05, 4.69) is 6.58 Å². The van der Waals surface area contributed by atoms with Gasteiger partial charge in [0.1, 0.15) is 0 Å². The molecule has 0 saturated heterocycles. The fourth-order valence-electron chi connectivity index (χ4n) is 0.171. The van der Waals surface area contributed by atoms with Crippen LogP contribution in [-0.2, 0) is 0 Å². The monoisotopic (exact) mass is 134 g/mol. The molecule has 0 aliphatic rings. The molecule has 0 aliphatic heterocycles. The van der Waals surface area contributed by atoms with E-state index in [9.17, 15) is 0 Å². The number of hydrogen-bond donors (Lipinski definition) is 0. The van der Waals surface area contributed by atoms with Crippen molar-refractivity contribution >= 4 is 0 Å². The van der Waals surface area contributed by atoms with Crippen molar-refractivity contribution in [2.24, 2.45) is 0 Å². The molecule has 0 bridgehead atoms. The molecule has 0 amide bonds. The Morgan fingerprint density at radius 3 is 2.00 bits per heavy atom. The van der Waals surface area contributed by atoms with Crippen molar-refractivity contribution in [3.63, 3.8) is 0 Å². The van der Waals surface area contributed by atoms with Gasteiger partial charge in [0, 0.05) is 12.2 Å². The minimum Gasteiger partial charge on any atom is -0.193 e. The maximum atomic E-state index is 7.86. The lowest BCUT2D eigenvalue weighted by atomic mass is 10.4. The Balaban J connectivity index is 0. The fourth-order valence-corrected chi connectivity index (χ4v) is 0.171. The quantitative estimate of drug-likeness (QED) is 0.516. The van der Waals surface area contributed by atoms with Crippen LogP contribution < -0.4 is 0 Å². The van der Waals surface area contributed by atoms with Crippen LogP contribution in [0.1, 0.15) is 13.3 Å². The normalized spacial score (nSPS) is 6.70. The summed E-state index contributed by atoms with van der Waals surface area (Å²) in [6.45, 7) is 5.11. The van der Waals surface area contributed by atoms with Crippen molar-refractivity contribution in [3.05, 3.63) is 24.8 Å². The van der Waals surface area contributed by atoms with Gasteiger partial charge in [-0.05, 0) is 6.42 Å². The van der Waals surface area contributed by atoms with Gasteiger partial charge >= 0.3 is 0 Å². The van der Waals surface area contributed by atoms with Crippen molar-refractivity contribution in [2.45, 2.75) is 13.3 Å². The SMILES string of the molecule is C=CC#N.CCC=CC#N. The van der Waals surface area contributed by atoms with Gasteiger partial charge in [0.2, 0.25) is 0 Å². The lowest BCUT2D eigenvalue weighted by Crippen LogP contribution is -1.47. The highest BCUT2D eigenvalue weighted by atomic mass is 14.2. The summed E-state index contributed by atoms with van der Waals surface area (Å²) in [6.07, 6.45) is 5.44. The van der Waals surface area contributed by atoms with E-state index in [-0.39, 0.29) is 0 Å². The Bertz CT molecular complexity index is 167. The van der Waals surface area contributed by atoms with Gasteiger partial charge in [-0.25, -0.2) is 0 Å². The van der Waals surface area contributed by atoms with Crippen LogP contribution in [0.15, 0.2) is 24.8 Å². The standard InChI is InChI=1S/C5H7N.C3H3N/c1-2-3-4-5-6;1-2-3-4/h3-4H,2H2,1H3;2H,1H2. The zero-order chi connectivity index (χ0) is 8.24. The van der Waals surface area contributed by atoms with Crippen molar-refractivity contribution in [1.29, 1.82) is 10.5 Å². The molecular formula is C8H10N2. The zero-order valence-electron chi connectivity index (χ0n) is 6.04. The molecule has 0 rings (SSSR count). The molecule has 0 fully saturated rings. The second kappa shape index (κ2) is 15.7. The molecule has 0 heterocycles. The molecule has 52 valence electrons. The van der Waals surface area contributed by atoms with E-state index in [1.54, 1.807) is 6.07 Å². The molecule has 2 heteroatoms. The van der Waals surface area contributed by atoms with Crippen molar-refractivity contribution in [3.8, 4) is 12.1 Å². The molecule has 0 aromatic heterocycles. The topological polar surface area (TPSA) is 47.6 Å². The van der Waals surface area contributed by atoms with Crippen molar-refractivity contribution < 1.29 is 0 Å². The minimum absolute atomic E-state index is 0.952. The van der Waals surface area contributed by atoms with E-state index in [1.807, 2.05) is 19.1 Å². The van der Waals surface area contributed by atoms with Crippen LogP contribution in [0.3, 0.4) is 0 Å². The van der Waals surface area contributed by atoms with Gasteiger partial charge in [-0.2, -0.15) is 10.5 Å². The molecule has 0 atom stereocenters. The predicted octanol–water partition coefficient (Wildman–Crippen LogP) is 2.17. The number of nitrogens with zero attached hydrogens (tertiary/aromatic N) is 2. The van der Waals surface area contributed by atoms with Gasteiger partial charge in [-0.1, -0.05) is 19.6 Å². The molecule has 0 unspecified atom stereocenters. The average Bonchev–Trinajstić information content (AvgIpc) is 2.01. The van der Waals surface area contributed by atoms with Gasteiger partial charge in [0.15, 0.2) is 0 Å². The third-order valence-electron chi connectivity index (χ3n) is 0.519. The summed E-state index contributed by atoms with van der Waals surface area (Å²) in [6, 6.07) is 3.58. The molecule has 0 saturated carbocycles. The van der Waals surface area contributed by atoms with Crippen LogP contribution in [0.4, 0.5) is 0 Å². The molecule has 0 N–H and O–H groups in total. The molecule has 0 spiro atoms. The molecule has 0 aromatic carbocycles. The number of hydrogen-bond acceptors (Lipinski definition) is 2. The Kier molecular flexibility index (Phi) is 17.7. The van der Waals surface area contributed by atoms with Crippen LogP contribution in [0.5, 0.6) is 0 Å². The Morgan fingerprint density at radius 2 is 1.90 bits per heavy atom. The summed E-state index contributed by atoms with van der Waals surface area (Å²) in [5, 5.41) is 15.4. The van der Waals surface area contributed by atoms with Crippen LogP contribution in [0, 0.1) is 22.7 Å². The van der Waals surface area contributed by atoms with Crippen molar-refractivity contribution in [1.82, 2.24) is 0 Å². The molecule has 0 aliphatic carbocycles. The van der Waals surface area contributed by atoms with Gasteiger partial charge in [0.25, 0.3) is 0 Å². The Hall–Kier alpha value is -1.54. The van der Waals surface area contributed by atoms with E-state index >= 15 is 0 Å². The molecule has 0 radical (unpaired) electrons. The van der Waals surface area contributed by atoms with Gasteiger partial charge in [-0.3, -0.25) is 0 Å². The highest BCUT2D eigenvalue weighted by Crippen LogP contribution is 1.74. The highest BCUT2D eigenvalue weighted by Gasteiger charge is 1.57. The van der Waals surface area contributed by atoms with Gasteiger partial charge < -0.3 is 0 Å². The Labute approximate surface area is 61.7 Å². The molecule has 0 aromatic rings. The number of rotatable bonds is 1. The predicted molar refractivity (Wildman–Crippen MR) is 40.9 cm³/mol. The first-order valence-corrected chi connectivity index (χ1v) is 2.88. The molecule has 10 heavy (non-hydrogen) atoms. The number of allylic oxidation sites excluding steroid dienone is 3. The third kappa shape index (κ3) is 31.8. The fraction of sp³-hybridized carbons (Fsp3) is 0.250. The lowest BCUT2D eigenvalue weighted by Gasteiger charge is -1.63. The summed E-state index contributed by atoms with van der Waals surface area (Å²) in [7, 11) is 0. The summed E-state index contributed by atoms with van der Waals surface area (Å²) in [5.41, 5.74) is 0.